The molecule has 134 valence electrons. The van der Waals surface area contributed by atoms with Crippen LogP contribution in [0.5, 0.6) is 0 Å². The first-order valence-electron chi connectivity index (χ1n) is 8.46. The Hall–Kier alpha value is -1.98. The number of primary amides is 1. The van der Waals surface area contributed by atoms with E-state index in [9.17, 15) is 18.4 Å². The Morgan fingerprint density at radius 1 is 1.08 bits per heavy atom. The number of hydrogen-bond donors (Lipinski definition) is 2. The molecule has 0 saturated heterocycles. The normalized spacial score (nSPS) is 12.0. The summed E-state index contributed by atoms with van der Waals surface area (Å²) in [6.07, 6.45) is 6.80. The first kappa shape index (κ1) is 20.1. The average Bonchev–Trinajstić information content (AvgIpc) is 2.53. The molecule has 2 amide bonds. The van der Waals surface area contributed by atoms with Gasteiger partial charge in [-0.15, -0.1) is 0 Å². The zero-order valence-electron chi connectivity index (χ0n) is 14.1. The fourth-order valence-corrected chi connectivity index (χ4v) is 2.49. The van der Waals surface area contributed by atoms with Crippen molar-refractivity contribution in [3.8, 4) is 0 Å². The van der Waals surface area contributed by atoms with E-state index >= 15 is 0 Å². The Balaban J connectivity index is 2.41. The lowest BCUT2D eigenvalue weighted by Crippen LogP contribution is -2.45. The van der Waals surface area contributed by atoms with Crippen molar-refractivity contribution in [3.63, 3.8) is 0 Å². The van der Waals surface area contributed by atoms with Gasteiger partial charge in [0, 0.05) is 0 Å². The smallest absolute Gasteiger partial charge is 0.239 e. The van der Waals surface area contributed by atoms with Gasteiger partial charge in [-0.1, -0.05) is 51.5 Å². The number of halogens is 2. The second kappa shape index (κ2) is 10.7. The molecule has 0 heterocycles. The minimum absolute atomic E-state index is 0.127. The van der Waals surface area contributed by atoms with Crippen LogP contribution < -0.4 is 11.1 Å². The Labute approximate surface area is 141 Å². The lowest BCUT2D eigenvalue weighted by Gasteiger charge is -2.15. The molecule has 0 aliphatic heterocycles. The Bertz CT molecular complexity index is 550. The molecule has 0 saturated carbocycles. The second-order valence-corrected chi connectivity index (χ2v) is 6.00. The van der Waals surface area contributed by atoms with Gasteiger partial charge in [-0.05, 0) is 24.1 Å². The molecule has 0 radical (unpaired) electrons. The summed E-state index contributed by atoms with van der Waals surface area (Å²) in [5.41, 5.74) is 5.66. The van der Waals surface area contributed by atoms with Gasteiger partial charge in [0.15, 0.2) is 11.6 Å². The fraction of sp³-hybridized carbons (Fsp3) is 0.556. The standard InChI is InChI=1S/C18H26F2N2O2/c1-2-3-4-5-6-7-8-16(18(21)24)22-17(23)12-13-9-10-14(19)15(20)11-13/h9-11,16H,2-8,12H2,1H3,(H2,21,24)(H,22,23)/t16-/m1/s1. The third-order valence-corrected chi connectivity index (χ3v) is 3.87. The summed E-state index contributed by atoms with van der Waals surface area (Å²) >= 11 is 0. The minimum Gasteiger partial charge on any atom is -0.368 e. The van der Waals surface area contributed by atoms with Crippen LogP contribution in [0.1, 0.15) is 57.4 Å². The van der Waals surface area contributed by atoms with Crippen molar-refractivity contribution in [2.24, 2.45) is 5.73 Å². The maximum Gasteiger partial charge on any atom is 0.239 e. The van der Waals surface area contributed by atoms with E-state index in [0.29, 0.717) is 12.0 Å². The molecule has 1 aromatic carbocycles. The number of amides is 2. The predicted octanol–water partition coefficient (Wildman–Crippen LogP) is 3.23. The van der Waals surface area contributed by atoms with Crippen LogP contribution in [0.3, 0.4) is 0 Å². The number of carbonyl (C=O) groups is 2. The third kappa shape index (κ3) is 7.53. The van der Waals surface area contributed by atoms with Gasteiger partial charge in [0.2, 0.25) is 11.8 Å². The van der Waals surface area contributed by atoms with E-state index in [2.05, 4.69) is 12.2 Å². The topological polar surface area (TPSA) is 72.2 Å². The van der Waals surface area contributed by atoms with Crippen LogP contribution in [0.15, 0.2) is 18.2 Å². The van der Waals surface area contributed by atoms with Gasteiger partial charge in [0.05, 0.1) is 6.42 Å². The number of carbonyl (C=O) groups excluding carboxylic acids is 2. The van der Waals surface area contributed by atoms with E-state index in [1.807, 2.05) is 0 Å². The van der Waals surface area contributed by atoms with Crippen LogP contribution in [0.25, 0.3) is 0 Å². The number of hydrogen-bond acceptors (Lipinski definition) is 2. The average molecular weight is 340 g/mol. The SMILES string of the molecule is CCCCCCCC[C@@H](NC(=O)Cc1ccc(F)c(F)c1)C(N)=O. The molecule has 0 fully saturated rings. The molecule has 24 heavy (non-hydrogen) atoms. The summed E-state index contributed by atoms with van der Waals surface area (Å²) in [5.74, 6) is -2.98. The summed E-state index contributed by atoms with van der Waals surface area (Å²) in [4.78, 5) is 23.4. The van der Waals surface area contributed by atoms with Crippen LogP contribution in [0.4, 0.5) is 8.78 Å². The molecular formula is C18H26F2N2O2. The lowest BCUT2D eigenvalue weighted by molar-refractivity contribution is -0.127. The molecule has 4 nitrogen and oxygen atoms in total. The van der Waals surface area contributed by atoms with E-state index in [-0.39, 0.29) is 6.42 Å². The second-order valence-electron chi connectivity index (χ2n) is 6.00. The number of rotatable bonds is 11. The number of benzene rings is 1. The molecule has 0 aromatic heterocycles. The van der Waals surface area contributed by atoms with Gasteiger partial charge in [0.25, 0.3) is 0 Å². The van der Waals surface area contributed by atoms with Crippen LogP contribution in [-0.4, -0.2) is 17.9 Å². The van der Waals surface area contributed by atoms with Gasteiger partial charge in [-0.2, -0.15) is 0 Å². The monoisotopic (exact) mass is 340 g/mol. The Morgan fingerprint density at radius 3 is 2.38 bits per heavy atom. The minimum atomic E-state index is -1.00. The third-order valence-electron chi connectivity index (χ3n) is 3.87. The lowest BCUT2D eigenvalue weighted by atomic mass is 10.0. The van der Waals surface area contributed by atoms with Gasteiger partial charge < -0.3 is 11.1 Å². The highest BCUT2D eigenvalue weighted by Gasteiger charge is 2.18. The van der Waals surface area contributed by atoms with Crippen LogP contribution >= 0.6 is 0 Å². The highest BCUT2D eigenvalue weighted by Crippen LogP contribution is 2.11. The van der Waals surface area contributed by atoms with Crippen molar-refractivity contribution >= 4 is 11.8 Å². The molecule has 1 aromatic rings. The summed E-state index contributed by atoms with van der Waals surface area (Å²) in [5, 5.41) is 2.57. The molecular weight excluding hydrogens is 314 g/mol. The van der Waals surface area contributed by atoms with E-state index in [1.54, 1.807) is 0 Å². The number of unbranched alkanes of at least 4 members (excludes halogenated alkanes) is 5. The van der Waals surface area contributed by atoms with Gasteiger partial charge in [-0.3, -0.25) is 9.59 Å². The van der Waals surface area contributed by atoms with Crippen molar-refractivity contribution in [3.05, 3.63) is 35.4 Å². The molecule has 3 N–H and O–H groups in total. The molecule has 0 aliphatic carbocycles. The highest BCUT2D eigenvalue weighted by molar-refractivity contribution is 5.87. The maximum atomic E-state index is 13.1. The van der Waals surface area contributed by atoms with Gasteiger partial charge in [0.1, 0.15) is 6.04 Å². The zero-order chi connectivity index (χ0) is 17.9. The summed E-state index contributed by atoms with van der Waals surface area (Å²) < 4.78 is 26.0. The van der Waals surface area contributed by atoms with Crippen LogP contribution in [0.2, 0.25) is 0 Å². The number of nitrogens with two attached hydrogens (primary N) is 1. The van der Waals surface area contributed by atoms with Crippen molar-refractivity contribution in [1.82, 2.24) is 5.32 Å². The number of nitrogens with one attached hydrogen (secondary N) is 1. The molecule has 0 spiro atoms. The zero-order valence-corrected chi connectivity index (χ0v) is 14.1. The summed E-state index contributed by atoms with van der Waals surface area (Å²) in [7, 11) is 0. The van der Waals surface area contributed by atoms with E-state index in [4.69, 9.17) is 5.73 Å². The molecule has 0 aliphatic rings. The Morgan fingerprint density at radius 2 is 1.75 bits per heavy atom. The van der Waals surface area contributed by atoms with Crippen molar-refractivity contribution in [1.29, 1.82) is 0 Å². The van der Waals surface area contributed by atoms with E-state index < -0.39 is 29.5 Å². The summed E-state index contributed by atoms with van der Waals surface area (Å²) in [6, 6.07) is 2.56. The van der Waals surface area contributed by atoms with E-state index in [1.165, 1.54) is 25.3 Å². The Kier molecular flexibility index (Phi) is 8.97. The van der Waals surface area contributed by atoms with Crippen molar-refractivity contribution in [2.75, 3.05) is 0 Å². The molecule has 0 bridgehead atoms. The van der Waals surface area contributed by atoms with Crippen LogP contribution in [-0.2, 0) is 16.0 Å². The first-order valence-corrected chi connectivity index (χ1v) is 8.46. The largest absolute Gasteiger partial charge is 0.368 e. The predicted molar refractivity (Wildman–Crippen MR) is 89.2 cm³/mol. The molecule has 0 unspecified atom stereocenters. The quantitative estimate of drug-likeness (QED) is 0.607. The summed E-state index contributed by atoms with van der Waals surface area (Å²) in [6.45, 7) is 2.14. The van der Waals surface area contributed by atoms with Crippen LogP contribution in [0, 0.1) is 11.6 Å². The molecule has 1 rings (SSSR count). The molecule has 6 heteroatoms. The highest BCUT2D eigenvalue weighted by atomic mass is 19.2. The van der Waals surface area contributed by atoms with Gasteiger partial charge >= 0.3 is 0 Å². The fourth-order valence-electron chi connectivity index (χ4n) is 2.49. The van der Waals surface area contributed by atoms with Crippen molar-refractivity contribution < 1.29 is 18.4 Å². The van der Waals surface area contributed by atoms with E-state index in [0.717, 1.165) is 31.4 Å². The first-order chi connectivity index (χ1) is 11.4. The molecule has 1 atom stereocenters. The maximum absolute atomic E-state index is 13.1. The van der Waals surface area contributed by atoms with Crippen molar-refractivity contribution in [2.45, 2.75) is 64.3 Å². The van der Waals surface area contributed by atoms with Gasteiger partial charge in [-0.25, -0.2) is 8.78 Å².